The molecule has 51 heavy (non-hydrogen) atoms. The van der Waals surface area contributed by atoms with Crippen LogP contribution < -0.4 is 9.80 Å². The van der Waals surface area contributed by atoms with Crippen LogP contribution in [0.5, 0.6) is 0 Å². The van der Waals surface area contributed by atoms with Crippen molar-refractivity contribution in [2.75, 3.05) is 43.0 Å². The van der Waals surface area contributed by atoms with Gasteiger partial charge in [0.05, 0.1) is 6.20 Å². The molecule has 2 aliphatic heterocycles. The van der Waals surface area contributed by atoms with Crippen molar-refractivity contribution in [2.45, 2.75) is 85.5 Å². The molecule has 5 rings (SSSR count). The Bertz CT molecular complexity index is 1750. The van der Waals surface area contributed by atoms with E-state index in [2.05, 4.69) is 20.1 Å². The zero-order chi connectivity index (χ0) is 37.3. The van der Waals surface area contributed by atoms with Gasteiger partial charge in [-0.15, -0.1) is 10.2 Å². The molecule has 2 saturated heterocycles. The van der Waals surface area contributed by atoms with Crippen molar-refractivity contribution in [1.82, 2.24) is 30.0 Å². The van der Waals surface area contributed by atoms with Crippen molar-refractivity contribution in [2.24, 2.45) is 5.41 Å². The van der Waals surface area contributed by atoms with Crippen molar-refractivity contribution in [3.8, 4) is 23.0 Å². The van der Waals surface area contributed by atoms with E-state index in [1.165, 1.54) is 13.2 Å². The first-order chi connectivity index (χ1) is 23.9. The number of hydrogen-bond acceptors (Lipinski definition) is 12. The summed E-state index contributed by atoms with van der Waals surface area (Å²) >= 11 is 0. The van der Waals surface area contributed by atoms with Crippen LogP contribution in [0.2, 0.25) is 0 Å². The third-order valence-corrected chi connectivity index (χ3v) is 8.53. The molecular weight excluding hydrogens is 660 g/mol. The summed E-state index contributed by atoms with van der Waals surface area (Å²) in [7, 11) is 1.48. The average Bonchev–Trinajstić information content (AvgIpc) is 3.80. The van der Waals surface area contributed by atoms with Crippen LogP contribution in [0.15, 0.2) is 34.9 Å². The van der Waals surface area contributed by atoms with Crippen molar-refractivity contribution in [3.63, 3.8) is 0 Å². The van der Waals surface area contributed by atoms with E-state index in [1.807, 2.05) is 11.8 Å². The van der Waals surface area contributed by atoms with E-state index < -0.39 is 29.5 Å². The van der Waals surface area contributed by atoms with Crippen LogP contribution in [0, 0.1) is 5.41 Å². The number of anilines is 2. The second-order valence-electron chi connectivity index (χ2n) is 15.0. The quantitative estimate of drug-likeness (QED) is 0.310. The number of carbonyl (C=O) groups excluding carboxylic acids is 3. The van der Waals surface area contributed by atoms with Crippen molar-refractivity contribution < 1.29 is 38.2 Å². The Morgan fingerprint density at radius 2 is 1.53 bits per heavy atom. The van der Waals surface area contributed by atoms with E-state index in [9.17, 15) is 24.3 Å². The van der Waals surface area contributed by atoms with Crippen LogP contribution in [0.25, 0.3) is 23.0 Å². The summed E-state index contributed by atoms with van der Waals surface area (Å²) in [5, 5.41) is 17.7. The normalized spacial score (nSPS) is 17.5. The number of imide groups is 1. The first-order valence-corrected chi connectivity index (χ1v) is 16.9. The van der Waals surface area contributed by atoms with Crippen LogP contribution in [0.1, 0.15) is 73.3 Å². The van der Waals surface area contributed by atoms with Gasteiger partial charge in [0.1, 0.15) is 17.0 Å². The molecule has 3 aromatic rings. The van der Waals surface area contributed by atoms with Gasteiger partial charge in [0, 0.05) is 57.2 Å². The highest BCUT2D eigenvalue weighted by molar-refractivity contribution is 6.10. The van der Waals surface area contributed by atoms with Crippen molar-refractivity contribution in [3.05, 3.63) is 36.0 Å². The maximum absolute atomic E-state index is 13.7. The number of carboxylic acid groups (broad SMARTS) is 1. The average molecular weight is 707 g/mol. The summed E-state index contributed by atoms with van der Waals surface area (Å²) in [5.74, 6) is 0.380. The third kappa shape index (κ3) is 8.72. The molecule has 16 nitrogen and oxygen atoms in total. The van der Waals surface area contributed by atoms with Crippen LogP contribution in [0.4, 0.5) is 26.0 Å². The zero-order valence-corrected chi connectivity index (χ0v) is 30.4. The molecule has 2 aromatic heterocycles. The molecule has 16 heteroatoms. The highest BCUT2D eigenvalue weighted by Crippen LogP contribution is 2.42. The topological polar surface area (TPSA) is 185 Å². The first kappa shape index (κ1) is 37.0. The fourth-order valence-corrected chi connectivity index (χ4v) is 6.06. The Kier molecular flexibility index (Phi) is 10.3. The minimum Gasteiger partial charge on any atom is -0.465 e. The molecule has 2 fully saturated rings. The Hall–Kier alpha value is -5.28. The molecule has 0 saturated carbocycles. The maximum Gasteiger partial charge on any atom is 0.425 e. The number of carbonyl (C=O) groups is 4. The molecule has 274 valence electrons. The van der Waals surface area contributed by atoms with Gasteiger partial charge >= 0.3 is 18.3 Å². The van der Waals surface area contributed by atoms with Gasteiger partial charge in [0.25, 0.3) is 5.89 Å². The summed E-state index contributed by atoms with van der Waals surface area (Å²) < 4.78 is 17.3. The van der Waals surface area contributed by atoms with E-state index in [0.717, 1.165) is 23.3 Å². The van der Waals surface area contributed by atoms with E-state index in [4.69, 9.17) is 18.9 Å². The highest BCUT2D eigenvalue weighted by Gasteiger charge is 2.45. The number of aromatic nitrogens is 4. The summed E-state index contributed by atoms with van der Waals surface area (Å²) in [6, 6.07) is 6.94. The smallest absolute Gasteiger partial charge is 0.425 e. The maximum atomic E-state index is 13.7. The molecular formula is C35H46N8O8. The number of ether oxygens (including phenoxy) is 2. The Balaban J connectivity index is 1.54. The molecule has 2 aliphatic rings. The number of nitrogens with zero attached hydrogens (tertiary/aromatic N) is 8. The lowest BCUT2D eigenvalue weighted by Gasteiger charge is -2.29. The van der Waals surface area contributed by atoms with Gasteiger partial charge in [0.2, 0.25) is 11.8 Å². The van der Waals surface area contributed by atoms with Gasteiger partial charge in [-0.2, -0.15) is 4.90 Å². The highest BCUT2D eigenvalue weighted by atomic mass is 16.6. The monoisotopic (exact) mass is 706 g/mol. The molecule has 0 bridgehead atoms. The number of rotatable bonds is 7. The van der Waals surface area contributed by atoms with Crippen LogP contribution in [0.3, 0.4) is 0 Å². The Morgan fingerprint density at radius 1 is 0.922 bits per heavy atom. The summed E-state index contributed by atoms with van der Waals surface area (Å²) in [6.07, 6.45) is 0.546. The molecule has 1 aromatic carbocycles. The second-order valence-corrected chi connectivity index (χ2v) is 15.0. The summed E-state index contributed by atoms with van der Waals surface area (Å²) in [5.41, 5.74) is -0.766. The van der Waals surface area contributed by atoms with Crippen LogP contribution in [-0.4, -0.2) is 104 Å². The predicted molar refractivity (Wildman–Crippen MR) is 186 cm³/mol. The third-order valence-electron chi connectivity index (χ3n) is 8.53. The molecule has 4 heterocycles. The van der Waals surface area contributed by atoms with Gasteiger partial charge in [0.15, 0.2) is 11.5 Å². The van der Waals surface area contributed by atoms with Crippen LogP contribution >= 0.6 is 0 Å². The van der Waals surface area contributed by atoms with Gasteiger partial charge in [-0.25, -0.2) is 24.4 Å². The molecule has 1 unspecified atom stereocenters. The lowest BCUT2D eigenvalue weighted by atomic mass is 9.86. The Morgan fingerprint density at radius 3 is 2.12 bits per heavy atom. The van der Waals surface area contributed by atoms with Crippen LogP contribution in [-0.2, 0) is 20.8 Å². The number of likely N-dealkylation sites (tertiary alicyclic amines) is 1. The van der Waals surface area contributed by atoms with E-state index in [1.54, 1.807) is 65.8 Å². The fraction of sp³-hybridized carbons (Fsp3) is 0.543. The summed E-state index contributed by atoms with van der Waals surface area (Å²) in [6.45, 7) is 14.7. The number of hydrogen-bond donors (Lipinski definition) is 1. The van der Waals surface area contributed by atoms with Gasteiger partial charge < -0.3 is 33.7 Å². The minimum atomic E-state index is -1.05. The molecule has 4 amide bonds. The molecule has 0 aliphatic carbocycles. The largest absolute Gasteiger partial charge is 0.465 e. The molecule has 0 radical (unpaired) electrons. The minimum absolute atomic E-state index is 0.0437. The van der Waals surface area contributed by atoms with E-state index in [0.29, 0.717) is 48.9 Å². The van der Waals surface area contributed by atoms with E-state index in [-0.39, 0.29) is 41.2 Å². The first-order valence-electron chi connectivity index (χ1n) is 16.9. The lowest BCUT2D eigenvalue weighted by Crippen LogP contribution is -2.44. The lowest BCUT2D eigenvalue weighted by molar-refractivity contribution is -0.130. The molecule has 1 spiro atoms. The Labute approximate surface area is 296 Å². The SMILES string of the molecule is CCC(=O)N1CCC2(CCN(c3cnc(N(C(=O)OC(C)(C)C)C(=O)OC(C)(C)C)c(-c4nnc(-c5ccc(CN(C)C(=O)O)cc5)o4)n3)C2)C1. The number of benzene rings is 1. The number of amides is 4. The molecule has 1 N–H and O–H groups in total. The summed E-state index contributed by atoms with van der Waals surface area (Å²) in [4.78, 5) is 66.3. The molecule has 1 atom stereocenters. The van der Waals surface area contributed by atoms with Gasteiger partial charge in [-0.3, -0.25) is 4.79 Å². The van der Waals surface area contributed by atoms with Crippen molar-refractivity contribution in [1.29, 1.82) is 0 Å². The zero-order valence-electron chi connectivity index (χ0n) is 30.4. The standard InChI is InChI=1S/C35H46N8O8/c1-9-25(44)42-17-15-35(21-42)14-16-41(20-35)24-18-36-27(43(31(47)50-33(2,3)4)32(48)51-34(5,6)7)26(37-24)29-39-38-28(49-29)23-12-10-22(11-13-23)19-40(8)30(45)46/h10-13,18H,9,14-17,19-21H2,1-8H3,(H,45,46). The fourth-order valence-electron chi connectivity index (χ4n) is 6.06. The van der Waals surface area contributed by atoms with E-state index >= 15 is 0 Å². The van der Waals surface area contributed by atoms with Gasteiger partial charge in [-0.1, -0.05) is 19.1 Å². The predicted octanol–water partition coefficient (Wildman–Crippen LogP) is 5.82. The second kappa shape index (κ2) is 14.2. The van der Waals surface area contributed by atoms with Gasteiger partial charge in [-0.05, 0) is 72.1 Å². The van der Waals surface area contributed by atoms with Crippen molar-refractivity contribution >= 4 is 35.8 Å².